The SMILES string of the molecule is c1ccc(-c2nc(-c3cccc(-c4nc5ccccc5n4-c4ccccc4)c3)nc(-c3cccc(-c4nc5ccccc5n4-c4ccccc4)c3)n2)cc1. The van der Waals surface area contributed by atoms with Crippen molar-refractivity contribution in [1.82, 2.24) is 34.1 Å². The topological polar surface area (TPSA) is 74.3 Å². The molecule has 54 heavy (non-hydrogen) atoms. The Labute approximate surface area is 311 Å². The van der Waals surface area contributed by atoms with Gasteiger partial charge >= 0.3 is 0 Å². The summed E-state index contributed by atoms with van der Waals surface area (Å²) in [6, 6.07) is 63.8. The lowest BCUT2D eigenvalue weighted by molar-refractivity contribution is 1.07. The number of nitrogens with zero attached hydrogens (tertiary/aromatic N) is 7. The first-order chi connectivity index (χ1) is 26.8. The molecule has 0 N–H and O–H groups in total. The van der Waals surface area contributed by atoms with E-state index in [2.05, 4.69) is 81.9 Å². The second-order valence-corrected chi connectivity index (χ2v) is 13.0. The van der Waals surface area contributed by atoms with E-state index in [1.807, 2.05) is 115 Å². The van der Waals surface area contributed by atoms with Crippen LogP contribution < -0.4 is 0 Å². The lowest BCUT2D eigenvalue weighted by Crippen LogP contribution is -2.01. The highest BCUT2D eigenvalue weighted by molar-refractivity contribution is 5.85. The highest BCUT2D eigenvalue weighted by Crippen LogP contribution is 2.34. The average Bonchev–Trinajstić information content (AvgIpc) is 3.84. The Kier molecular flexibility index (Phi) is 7.66. The quantitative estimate of drug-likeness (QED) is 0.166. The molecular formula is C47H31N7. The van der Waals surface area contributed by atoms with Gasteiger partial charge in [-0.15, -0.1) is 0 Å². The highest BCUT2D eigenvalue weighted by atomic mass is 15.1. The normalized spacial score (nSPS) is 11.3. The number of fused-ring (bicyclic) bond motifs is 2. The van der Waals surface area contributed by atoms with Crippen molar-refractivity contribution < 1.29 is 0 Å². The molecule has 0 amide bonds. The molecule has 3 heterocycles. The van der Waals surface area contributed by atoms with Crippen LogP contribution in [0, 0.1) is 0 Å². The molecule has 7 nitrogen and oxygen atoms in total. The van der Waals surface area contributed by atoms with E-state index in [1.54, 1.807) is 0 Å². The van der Waals surface area contributed by atoms with Crippen molar-refractivity contribution in [2.24, 2.45) is 0 Å². The molecule has 0 saturated carbocycles. The molecule has 0 radical (unpaired) electrons. The molecule has 0 spiro atoms. The Bertz CT molecular complexity index is 2750. The summed E-state index contributed by atoms with van der Waals surface area (Å²) in [5.41, 5.74) is 10.6. The molecular weight excluding hydrogens is 663 g/mol. The third-order valence-corrected chi connectivity index (χ3v) is 9.58. The van der Waals surface area contributed by atoms with Gasteiger partial charge in [-0.05, 0) is 60.7 Å². The Balaban J connectivity index is 1.12. The van der Waals surface area contributed by atoms with Crippen LogP contribution in [0.1, 0.15) is 0 Å². The minimum absolute atomic E-state index is 0.574. The van der Waals surface area contributed by atoms with Gasteiger partial charge in [-0.25, -0.2) is 24.9 Å². The smallest absolute Gasteiger partial charge is 0.164 e. The fourth-order valence-corrected chi connectivity index (χ4v) is 7.06. The van der Waals surface area contributed by atoms with Crippen LogP contribution in [-0.4, -0.2) is 34.1 Å². The van der Waals surface area contributed by atoms with Crippen molar-refractivity contribution >= 4 is 22.1 Å². The molecule has 254 valence electrons. The summed E-state index contributed by atoms with van der Waals surface area (Å²) in [7, 11) is 0. The summed E-state index contributed by atoms with van der Waals surface area (Å²) >= 11 is 0. The third kappa shape index (κ3) is 5.61. The van der Waals surface area contributed by atoms with Crippen molar-refractivity contribution in [2.75, 3.05) is 0 Å². The molecule has 3 aromatic heterocycles. The summed E-state index contributed by atoms with van der Waals surface area (Å²) in [4.78, 5) is 25.5. The molecule has 0 saturated heterocycles. The van der Waals surface area contributed by atoms with Gasteiger partial charge in [-0.3, -0.25) is 9.13 Å². The standard InChI is InChI=1S/C47H31N7/c1-4-16-32(17-5-1)43-50-44(33-18-14-20-35(30-33)46-48-39-26-10-12-28-41(39)53(46)37-22-6-2-7-23-37)52-45(51-43)34-19-15-21-36(31-34)47-49-40-27-11-13-29-42(40)54(47)38-24-8-3-9-25-38/h1-31H. The van der Waals surface area contributed by atoms with Gasteiger partial charge in [0.2, 0.25) is 0 Å². The Morgan fingerprint density at radius 2 is 0.630 bits per heavy atom. The van der Waals surface area contributed by atoms with Crippen LogP contribution in [0.5, 0.6) is 0 Å². The Morgan fingerprint density at radius 1 is 0.278 bits per heavy atom. The molecule has 0 bridgehead atoms. The zero-order valence-corrected chi connectivity index (χ0v) is 29.0. The van der Waals surface area contributed by atoms with E-state index in [-0.39, 0.29) is 0 Å². The van der Waals surface area contributed by atoms with Gasteiger partial charge in [-0.1, -0.05) is 127 Å². The molecule has 7 heteroatoms. The largest absolute Gasteiger partial charge is 0.292 e. The van der Waals surface area contributed by atoms with E-state index < -0.39 is 0 Å². The molecule has 0 atom stereocenters. The van der Waals surface area contributed by atoms with Gasteiger partial charge < -0.3 is 0 Å². The number of hydrogen-bond donors (Lipinski definition) is 0. The van der Waals surface area contributed by atoms with Crippen molar-refractivity contribution in [3.63, 3.8) is 0 Å². The van der Waals surface area contributed by atoms with Crippen LogP contribution >= 0.6 is 0 Å². The van der Waals surface area contributed by atoms with Gasteiger partial charge in [0, 0.05) is 39.2 Å². The van der Waals surface area contributed by atoms with Crippen molar-refractivity contribution in [1.29, 1.82) is 0 Å². The number of aromatic nitrogens is 7. The van der Waals surface area contributed by atoms with Crippen LogP contribution in [0.25, 0.3) is 90.4 Å². The lowest BCUT2D eigenvalue weighted by atomic mass is 10.1. The fraction of sp³-hybridized carbons (Fsp3) is 0. The number of rotatable bonds is 7. The maximum Gasteiger partial charge on any atom is 0.164 e. The third-order valence-electron chi connectivity index (χ3n) is 9.58. The zero-order chi connectivity index (χ0) is 35.8. The van der Waals surface area contributed by atoms with E-state index >= 15 is 0 Å². The minimum Gasteiger partial charge on any atom is -0.292 e. The predicted octanol–water partition coefficient (Wildman–Crippen LogP) is 10.9. The number of benzene rings is 7. The number of hydrogen-bond acceptors (Lipinski definition) is 5. The second-order valence-electron chi connectivity index (χ2n) is 13.0. The van der Waals surface area contributed by atoms with Gasteiger partial charge in [0.1, 0.15) is 11.6 Å². The van der Waals surface area contributed by atoms with Crippen molar-refractivity contribution in [2.45, 2.75) is 0 Å². The first-order valence-corrected chi connectivity index (χ1v) is 17.9. The molecule has 10 aromatic rings. The highest BCUT2D eigenvalue weighted by Gasteiger charge is 2.19. The molecule has 0 aliphatic heterocycles. The molecule has 0 aliphatic carbocycles. The number of para-hydroxylation sites is 6. The van der Waals surface area contributed by atoms with Gasteiger partial charge in [0.05, 0.1) is 22.1 Å². The van der Waals surface area contributed by atoms with E-state index in [1.165, 1.54) is 0 Å². The maximum absolute atomic E-state index is 5.14. The molecule has 0 unspecified atom stereocenters. The Hall–Kier alpha value is -7.51. The summed E-state index contributed by atoms with van der Waals surface area (Å²) in [5.74, 6) is 3.43. The van der Waals surface area contributed by atoms with E-state index in [4.69, 9.17) is 24.9 Å². The summed E-state index contributed by atoms with van der Waals surface area (Å²) < 4.78 is 4.41. The second kappa shape index (κ2) is 13.2. The predicted molar refractivity (Wildman–Crippen MR) is 216 cm³/mol. The zero-order valence-electron chi connectivity index (χ0n) is 29.0. The molecule has 0 fully saturated rings. The monoisotopic (exact) mass is 693 g/mol. The maximum atomic E-state index is 5.14. The summed E-state index contributed by atoms with van der Waals surface area (Å²) in [6.07, 6.45) is 0. The Morgan fingerprint density at radius 3 is 1.09 bits per heavy atom. The molecule has 10 rings (SSSR count). The first kappa shape index (κ1) is 31.2. The van der Waals surface area contributed by atoms with Crippen LogP contribution in [0.2, 0.25) is 0 Å². The fourth-order valence-electron chi connectivity index (χ4n) is 7.06. The first-order valence-electron chi connectivity index (χ1n) is 17.9. The van der Waals surface area contributed by atoms with Crippen LogP contribution in [0.4, 0.5) is 0 Å². The lowest BCUT2D eigenvalue weighted by Gasteiger charge is -2.12. The summed E-state index contributed by atoms with van der Waals surface area (Å²) in [5, 5.41) is 0. The minimum atomic E-state index is 0.574. The van der Waals surface area contributed by atoms with Crippen LogP contribution in [-0.2, 0) is 0 Å². The summed E-state index contributed by atoms with van der Waals surface area (Å²) in [6.45, 7) is 0. The van der Waals surface area contributed by atoms with E-state index in [9.17, 15) is 0 Å². The van der Waals surface area contributed by atoms with Crippen LogP contribution in [0.15, 0.2) is 188 Å². The van der Waals surface area contributed by atoms with E-state index in [0.717, 1.165) is 72.9 Å². The number of imidazole rings is 2. The molecule has 7 aromatic carbocycles. The van der Waals surface area contributed by atoms with Gasteiger partial charge in [0.25, 0.3) is 0 Å². The van der Waals surface area contributed by atoms with Crippen molar-refractivity contribution in [3.05, 3.63) is 188 Å². The van der Waals surface area contributed by atoms with Gasteiger partial charge in [-0.2, -0.15) is 0 Å². The van der Waals surface area contributed by atoms with Crippen molar-refractivity contribution in [3.8, 4) is 68.3 Å². The molecule has 0 aliphatic rings. The van der Waals surface area contributed by atoms with Gasteiger partial charge in [0.15, 0.2) is 17.5 Å². The van der Waals surface area contributed by atoms with Crippen LogP contribution in [0.3, 0.4) is 0 Å². The average molecular weight is 694 g/mol. The van der Waals surface area contributed by atoms with E-state index in [0.29, 0.717) is 17.5 Å².